The Bertz CT molecular complexity index is 329. The van der Waals surface area contributed by atoms with Crippen LogP contribution in [0.4, 0.5) is 0 Å². The van der Waals surface area contributed by atoms with E-state index < -0.39 is 10.2 Å². The highest BCUT2D eigenvalue weighted by Gasteiger charge is 2.28. The molecule has 6 heteroatoms. The van der Waals surface area contributed by atoms with Crippen LogP contribution >= 0.6 is 11.6 Å². The van der Waals surface area contributed by atoms with E-state index in [2.05, 4.69) is 11.3 Å². The Balaban J connectivity index is 2.63. The fourth-order valence-corrected chi connectivity index (χ4v) is 3.30. The number of nitrogens with zero attached hydrogens (tertiary/aromatic N) is 1. The Kier molecular flexibility index (Phi) is 4.58. The first kappa shape index (κ1) is 13.0. The summed E-state index contributed by atoms with van der Waals surface area (Å²) < 4.78 is 27.6. The van der Waals surface area contributed by atoms with Crippen molar-refractivity contribution in [3.8, 4) is 0 Å². The maximum Gasteiger partial charge on any atom is 0.280 e. The molecule has 0 aromatic rings. The van der Waals surface area contributed by atoms with Crippen LogP contribution in [0, 0.1) is 0 Å². The molecule has 1 unspecified atom stereocenters. The minimum Gasteiger partial charge on any atom is -0.197 e. The Hall–Kier alpha value is -0.100. The van der Waals surface area contributed by atoms with Gasteiger partial charge in [0.1, 0.15) is 0 Å². The van der Waals surface area contributed by atoms with Gasteiger partial charge in [0.25, 0.3) is 10.2 Å². The molecular formula is C9H17ClN2O2S. The molecule has 0 aliphatic carbocycles. The van der Waals surface area contributed by atoms with Crippen molar-refractivity contribution in [2.24, 2.45) is 0 Å². The molecule has 0 amide bonds. The molecule has 1 aliphatic rings. The van der Waals surface area contributed by atoms with Crippen LogP contribution in [0.15, 0.2) is 11.6 Å². The SMILES string of the molecule is C=C(Cl)CNS(=O)(=O)N1CCCCC1C. The normalized spacial score (nSPS) is 24.0. The van der Waals surface area contributed by atoms with Crippen LogP contribution in [-0.2, 0) is 10.2 Å². The number of piperidine rings is 1. The van der Waals surface area contributed by atoms with E-state index in [9.17, 15) is 8.42 Å². The van der Waals surface area contributed by atoms with Crippen molar-refractivity contribution in [3.05, 3.63) is 11.6 Å². The van der Waals surface area contributed by atoms with Crippen LogP contribution in [-0.4, -0.2) is 31.9 Å². The largest absolute Gasteiger partial charge is 0.280 e. The van der Waals surface area contributed by atoms with Gasteiger partial charge in [-0.1, -0.05) is 24.6 Å². The fraction of sp³-hybridized carbons (Fsp3) is 0.778. The van der Waals surface area contributed by atoms with E-state index in [4.69, 9.17) is 11.6 Å². The van der Waals surface area contributed by atoms with Gasteiger partial charge in [0.15, 0.2) is 0 Å². The maximum atomic E-state index is 11.8. The summed E-state index contributed by atoms with van der Waals surface area (Å²) in [5.74, 6) is 0. The Morgan fingerprint density at radius 1 is 1.60 bits per heavy atom. The van der Waals surface area contributed by atoms with Gasteiger partial charge in [-0.25, -0.2) is 0 Å². The fourth-order valence-electron chi connectivity index (χ4n) is 1.68. The predicted octanol–water partition coefficient (Wildman–Crippen LogP) is 1.45. The summed E-state index contributed by atoms with van der Waals surface area (Å²) in [4.78, 5) is 0. The van der Waals surface area contributed by atoms with Crippen molar-refractivity contribution in [2.45, 2.75) is 32.2 Å². The number of hydrogen-bond donors (Lipinski definition) is 1. The molecule has 0 aromatic heterocycles. The zero-order chi connectivity index (χ0) is 11.5. The van der Waals surface area contributed by atoms with E-state index in [0.29, 0.717) is 11.6 Å². The van der Waals surface area contributed by atoms with E-state index in [1.165, 1.54) is 4.31 Å². The van der Waals surface area contributed by atoms with Crippen molar-refractivity contribution in [2.75, 3.05) is 13.1 Å². The highest BCUT2D eigenvalue weighted by Crippen LogP contribution is 2.19. The minimum absolute atomic E-state index is 0.0693. The maximum absolute atomic E-state index is 11.8. The molecule has 0 saturated carbocycles. The van der Waals surface area contributed by atoms with Crippen LogP contribution in [0.25, 0.3) is 0 Å². The molecule has 1 N–H and O–H groups in total. The zero-order valence-electron chi connectivity index (χ0n) is 8.87. The summed E-state index contributed by atoms with van der Waals surface area (Å²) in [5, 5.41) is 0.295. The molecule has 0 aromatic carbocycles. The summed E-state index contributed by atoms with van der Waals surface area (Å²) in [6.45, 7) is 6.05. The minimum atomic E-state index is -3.39. The first-order valence-corrected chi connectivity index (χ1v) is 6.85. The van der Waals surface area contributed by atoms with Crippen molar-refractivity contribution in [1.82, 2.24) is 9.03 Å². The Morgan fingerprint density at radius 3 is 2.80 bits per heavy atom. The average molecular weight is 253 g/mol. The second-order valence-electron chi connectivity index (χ2n) is 3.80. The number of hydrogen-bond acceptors (Lipinski definition) is 2. The lowest BCUT2D eigenvalue weighted by atomic mass is 10.1. The van der Waals surface area contributed by atoms with E-state index in [1.54, 1.807) is 0 Å². The van der Waals surface area contributed by atoms with Gasteiger partial charge in [0.2, 0.25) is 0 Å². The van der Waals surface area contributed by atoms with Crippen LogP contribution in [0.5, 0.6) is 0 Å². The standard InChI is InChI=1S/C9H17ClN2O2S/c1-8(10)7-11-15(13,14)12-6-4-3-5-9(12)2/h9,11H,1,3-7H2,2H3. The van der Waals surface area contributed by atoms with Gasteiger partial charge < -0.3 is 0 Å². The molecule has 1 rings (SSSR count). The quantitative estimate of drug-likeness (QED) is 0.823. The van der Waals surface area contributed by atoms with E-state index in [-0.39, 0.29) is 12.6 Å². The smallest absolute Gasteiger partial charge is 0.197 e. The third-order valence-electron chi connectivity index (χ3n) is 2.50. The van der Waals surface area contributed by atoms with Crippen LogP contribution < -0.4 is 4.72 Å². The summed E-state index contributed by atoms with van der Waals surface area (Å²) in [6.07, 6.45) is 2.94. The van der Waals surface area contributed by atoms with Crippen LogP contribution in [0.3, 0.4) is 0 Å². The molecule has 1 atom stereocenters. The first-order chi connectivity index (χ1) is 6.93. The van der Waals surface area contributed by atoms with Gasteiger partial charge in [0.05, 0.1) is 0 Å². The van der Waals surface area contributed by atoms with E-state index in [0.717, 1.165) is 19.3 Å². The Labute approximate surface area is 96.5 Å². The molecule has 0 radical (unpaired) electrons. The third kappa shape index (κ3) is 3.75. The molecule has 1 saturated heterocycles. The van der Waals surface area contributed by atoms with E-state index >= 15 is 0 Å². The molecule has 88 valence electrons. The highest BCUT2D eigenvalue weighted by atomic mass is 35.5. The Morgan fingerprint density at radius 2 is 2.27 bits per heavy atom. The first-order valence-electron chi connectivity index (χ1n) is 5.03. The average Bonchev–Trinajstić information content (AvgIpc) is 2.15. The predicted molar refractivity (Wildman–Crippen MR) is 61.9 cm³/mol. The van der Waals surface area contributed by atoms with Crippen molar-refractivity contribution in [1.29, 1.82) is 0 Å². The zero-order valence-corrected chi connectivity index (χ0v) is 10.4. The third-order valence-corrected chi connectivity index (χ3v) is 4.30. The summed E-state index contributed by atoms with van der Waals surface area (Å²) in [5.41, 5.74) is 0. The second kappa shape index (κ2) is 5.30. The topological polar surface area (TPSA) is 49.4 Å². The molecule has 1 heterocycles. The molecule has 1 fully saturated rings. The lowest BCUT2D eigenvalue weighted by molar-refractivity contribution is 0.266. The molecule has 0 bridgehead atoms. The van der Waals surface area contributed by atoms with Gasteiger partial charge in [-0.05, 0) is 19.8 Å². The second-order valence-corrected chi connectivity index (χ2v) is 6.04. The van der Waals surface area contributed by atoms with E-state index in [1.807, 2.05) is 6.92 Å². The molecule has 15 heavy (non-hydrogen) atoms. The monoisotopic (exact) mass is 252 g/mol. The molecule has 4 nitrogen and oxygen atoms in total. The number of rotatable bonds is 4. The molecule has 0 spiro atoms. The summed E-state index contributed by atoms with van der Waals surface area (Å²) in [6, 6.07) is 0.0693. The van der Waals surface area contributed by atoms with Crippen molar-refractivity contribution in [3.63, 3.8) is 0 Å². The highest BCUT2D eigenvalue weighted by molar-refractivity contribution is 7.87. The van der Waals surface area contributed by atoms with Crippen LogP contribution in [0.2, 0.25) is 0 Å². The number of halogens is 1. The number of nitrogens with one attached hydrogen (secondary N) is 1. The van der Waals surface area contributed by atoms with Gasteiger partial charge in [-0.3, -0.25) is 0 Å². The lowest BCUT2D eigenvalue weighted by Gasteiger charge is -2.32. The van der Waals surface area contributed by atoms with Gasteiger partial charge in [-0.2, -0.15) is 17.4 Å². The summed E-state index contributed by atoms with van der Waals surface area (Å²) in [7, 11) is -3.39. The van der Waals surface area contributed by atoms with Crippen molar-refractivity contribution < 1.29 is 8.42 Å². The summed E-state index contributed by atoms with van der Waals surface area (Å²) >= 11 is 5.52. The van der Waals surface area contributed by atoms with Gasteiger partial charge in [-0.15, -0.1) is 0 Å². The van der Waals surface area contributed by atoms with Gasteiger partial charge in [0, 0.05) is 24.2 Å². The molecule has 1 aliphatic heterocycles. The van der Waals surface area contributed by atoms with Crippen molar-refractivity contribution >= 4 is 21.8 Å². The van der Waals surface area contributed by atoms with Gasteiger partial charge >= 0.3 is 0 Å². The lowest BCUT2D eigenvalue weighted by Crippen LogP contribution is -2.48. The molecular weight excluding hydrogens is 236 g/mol. The van der Waals surface area contributed by atoms with Crippen LogP contribution in [0.1, 0.15) is 26.2 Å².